The second kappa shape index (κ2) is 25.2. The Labute approximate surface area is 629 Å². The van der Waals surface area contributed by atoms with E-state index in [0.29, 0.717) is 0 Å². The third kappa shape index (κ3) is 10.3. The fourth-order valence-corrected chi connectivity index (χ4v) is 19.0. The van der Waals surface area contributed by atoms with E-state index in [4.69, 9.17) is 8.83 Å². The maximum atomic E-state index is 6.13. The van der Waals surface area contributed by atoms with Gasteiger partial charge in [-0.15, -0.1) is 22.7 Å². The number of thiophene rings is 2. The zero-order chi connectivity index (χ0) is 71.8. The summed E-state index contributed by atoms with van der Waals surface area (Å²) in [6, 6.07) is 122. The van der Waals surface area contributed by atoms with Gasteiger partial charge in [-0.25, -0.2) is 0 Å². The minimum Gasteiger partial charge on any atom is -0.456 e. The molecule has 16 aromatic carbocycles. The number of rotatable bonds is 4. The highest BCUT2D eigenvalue weighted by Crippen LogP contribution is 2.45. The molecule has 24 rings (SSSR count). The highest BCUT2D eigenvalue weighted by Gasteiger charge is 2.21. The summed E-state index contributed by atoms with van der Waals surface area (Å²) in [7, 11) is 0. The van der Waals surface area contributed by atoms with Crippen LogP contribution >= 0.6 is 22.7 Å². The zero-order valence-electron chi connectivity index (χ0n) is 59.8. The van der Waals surface area contributed by atoms with E-state index in [2.05, 4.69) is 361 Å². The van der Waals surface area contributed by atoms with Crippen molar-refractivity contribution in [3.05, 3.63) is 362 Å². The van der Waals surface area contributed by atoms with Crippen LogP contribution in [0.25, 0.3) is 194 Å². The van der Waals surface area contributed by atoms with Gasteiger partial charge in [-0.3, -0.25) is 0 Å². The number of benzene rings is 16. The third-order valence-corrected chi connectivity index (χ3v) is 24.1. The summed E-state index contributed by atoms with van der Waals surface area (Å²) in [5.74, 6) is 0. The minimum absolute atomic E-state index is 0.936. The van der Waals surface area contributed by atoms with Crippen LogP contribution in [0.5, 0.6) is 0 Å². The molecule has 8 heterocycles. The molecule has 0 amide bonds. The van der Waals surface area contributed by atoms with E-state index in [1.54, 1.807) is 0 Å². The quantitative estimate of drug-likeness (QED) is 0.176. The lowest BCUT2D eigenvalue weighted by atomic mass is 10.1. The molecule has 0 N–H and O–H groups in total. The Balaban J connectivity index is 0.0000000919. The molecule has 0 aliphatic heterocycles. The lowest BCUT2D eigenvalue weighted by molar-refractivity contribution is 0.669. The van der Waals surface area contributed by atoms with Crippen LogP contribution in [0.1, 0.15) is 22.3 Å². The monoisotopic (exact) mass is 1420 g/mol. The summed E-state index contributed by atoms with van der Waals surface area (Å²) in [5, 5.41) is 20.2. The molecule has 0 aliphatic rings. The predicted molar refractivity (Wildman–Crippen MR) is 462 cm³/mol. The van der Waals surface area contributed by atoms with Crippen molar-refractivity contribution in [2.24, 2.45) is 0 Å². The Morgan fingerprint density at radius 3 is 0.852 bits per heavy atom. The fraction of sp³-hybridized carbons (Fsp3) is 0.0400. The first-order valence-electron chi connectivity index (χ1n) is 36.8. The van der Waals surface area contributed by atoms with E-state index in [9.17, 15) is 0 Å². The summed E-state index contributed by atoms with van der Waals surface area (Å²) < 4.78 is 27.2. The fourth-order valence-electron chi connectivity index (χ4n) is 16.8. The maximum Gasteiger partial charge on any atom is 0.136 e. The Hall–Kier alpha value is -13.2. The lowest BCUT2D eigenvalue weighted by Gasteiger charge is -2.08. The van der Waals surface area contributed by atoms with Gasteiger partial charge < -0.3 is 27.1 Å². The highest BCUT2D eigenvalue weighted by molar-refractivity contribution is 7.26. The molecule has 6 nitrogen and oxygen atoms in total. The van der Waals surface area contributed by atoms with Crippen molar-refractivity contribution >= 4 is 194 Å². The summed E-state index contributed by atoms with van der Waals surface area (Å²) in [5.41, 5.74) is 23.6. The largest absolute Gasteiger partial charge is 0.456 e. The Kier molecular flexibility index (Phi) is 14.8. The number of fused-ring (bicyclic) bond motifs is 24. The number of nitrogens with zero attached hydrogens (tertiary/aromatic N) is 4. The van der Waals surface area contributed by atoms with Crippen LogP contribution < -0.4 is 0 Å². The second-order valence-electron chi connectivity index (χ2n) is 28.6. The molecule has 0 atom stereocenters. The second-order valence-corrected chi connectivity index (χ2v) is 30.8. The van der Waals surface area contributed by atoms with Crippen LogP contribution in [0.2, 0.25) is 0 Å². The van der Waals surface area contributed by atoms with E-state index in [1.165, 1.54) is 173 Å². The van der Waals surface area contributed by atoms with Crippen molar-refractivity contribution in [2.45, 2.75) is 27.7 Å². The van der Waals surface area contributed by atoms with Gasteiger partial charge in [0.15, 0.2) is 0 Å². The number of para-hydroxylation sites is 6. The van der Waals surface area contributed by atoms with Crippen molar-refractivity contribution in [2.75, 3.05) is 0 Å². The average Bonchev–Trinajstić information content (AvgIpc) is 1.59. The van der Waals surface area contributed by atoms with E-state index in [1.807, 2.05) is 46.9 Å². The SMILES string of the molecule is Cc1ccc(-n2c3ccccc3c3cc4oc5ccccc5c4cc32)cc1.Cc1ccc(-n2c3ccccc3c3cc4sc5ccccc5c4cc32)cc1.Cc1cccc(-n2c3ccccc3c3cc4oc5ccccc5c4cc32)c1.Cc1cccc(-n2c3ccccc3c3cc4sc5ccccc5c4cc32)c1. The van der Waals surface area contributed by atoms with E-state index >= 15 is 0 Å². The van der Waals surface area contributed by atoms with E-state index in [-0.39, 0.29) is 0 Å². The molecule has 0 aliphatic carbocycles. The topological polar surface area (TPSA) is 46.0 Å². The Morgan fingerprint density at radius 2 is 0.481 bits per heavy atom. The van der Waals surface area contributed by atoms with Crippen molar-refractivity contribution in [3.63, 3.8) is 0 Å². The molecule has 512 valence electrons. The van der Waals surface area contributed by atoms with Crippen LogP contribution in [-0.4, -0.2) is 18.3 Å². The summed E-state index contributed by atoms with van der Waals surface area (Å²) in [6.45, 7) is 8.55. The van der Waals surface area contributed by atoms with Gasteiger partial charge in [0.2, 0.25) is 0 Å². The van der Waals surface area contributed by atoms with Crippen molar-refractivity contribution in [3.8, 4) is 22.7 Å². The maximum absolute atomic E-state index is 6.13. The van der Waals surface area contributed by atoms with Gasteiger partial charge in [0.1, 0.15) is 22.3 Å². The molecule has 0 unspecified atom stereocenters. The Morgan fingerprint density at radius 1 is 0.176 bits per heavy atom. The first kappa shape index (κ1) is 63.3. The lowest BCUT2D eigenvalue weighted by Crippen LogP contribution is -1.93. The Bertz CT molecular complexity index is 7280. The van der Waals surface area contributed by atoms with Crippen molar-refractivity contribution < 1.29 is 8.83 Å². The normalized spacial score (nSPS) is 11.9. The van der Waals surface area contributed by atoms with E-state index in [0.717, 1.165) is 43.9 Å². The molecule has 0 radical (unpaired) electrons. The van der Waals surface area contributed by atoms with Gasteiger partial charge in [0, 0.05) is 128 Å². The molecule has 8 aromatic heterocycles. The summed E-state index contributed by atoms with van der Waals surface area (Å²) >= 11 is 3.77. The molecular formula is C100H68N4O2S2. The van der Waals surface area contributed by atoms with Crippen LogP contribution in [-0.2, 0) is 0 Å². The number of furan rings is 2. The number of aryl methyl sites for hydroxylation is 4. The molecule has 0 spiro atoms. The molecule has 0 fully saturated rings. The molecule has 0 bridgehead atoms. The number of aromatic nitrogens is 4. The van der Waals surface area contributed by atoms with Gasteiger partial charge in [0.05, 0.1) is 44.1 Å². The highest BCUT2D eigenvalue weighted by atomic mass is 32.1. The number of hydrogen-bond donors (Lipinski definition) is 0. The first-order chi connectivity index (χ1) is 53.2. The first-order valence-corrected chi connectivity index (χ1v) is 38.5. The standard InChI is InChI=1S/2C25H17NO.2C25H17NS/c1-16-7-6-8-17(13-16)26-22-11-4-2-9-18(22)20-15-25-21(14-23(20)26)19-10-3-5-12-24(19)27-25;1-16-10-12-17(13-11-16)26-22-8-4-2-6-18(22)20-15-25-21(14-23(20)26)19-7-3-5-9-24(19)27-25;1-16-7-6-8-17(13-16)26-22-11-4-2-9-18(22)20-15-25-21(14-23(20)26)19-10-3-5-12-24(19)27-25;1-16-10-12-17(13-11-16)26-22-8-4-2-6-18(22)20-15-25-21(14-23(20)26)19-7-3-5-9-24(19)27-25/h4*2-15H,1H3. The molecule has 8 heteroatoms. The smallest absolute Gasteiger partial charge is 0.136 e. The third-order valence-electron chi connectivity index (χ3n) is 21.8. The van der Waals surface area contributed by atoms with Crippen molar-refractivity contribution in [1.82, 2.24) is 18.3 Å². The molecule has 24 aromatic rings. The van der Waals surface area contributed by atoms with Gasteiger partial charge in [-0.1, -0.05) is 205 Å². The van der Waals surface area contributed by atoms with Crippen molar-refractivity contribution in [1.29, 1.82) is 0 Å². The van der Waals surface area contributed by atoms with Gasteiger partial charge >= 0.3 is 0 Å². The van der Waals surface area contributed by atoms with Crippen LogP contribution in [0.15, 0.2) is 349 Å². The molecular weight excluding hydrogens is 1350 g/mol. The van der Waals surface area contributed by atoms with Crippen LogP contribution in [0, 0.1) is 27.7 Å². The zero-order valence-corrected chi connectivity index (χ0v) is 61.4. The van der Waals surface area contributed by atoms with Gasteiger partial charge in [-0.2, -0.15) is 0 Å². The van der Waals surface area contributed by atoms with Crippen LogP contribution in [0.3, 0.4) is 0 Å². The molecule has 0 saturated heterocycles. The van der Waals surface area contributed by atoms with Gasteiger partial charge in [0.25, 0.3) is 0 Å². The average molecular weight is 1420 g/mol. The molecule has 0 saturated carbocycles. The molecule has 108 heavy (non-hydrogen) atoms. The van der Waals surface area contributed by atoms with Crippen LogP contribution in [0.4, 0.5) is 0 Å². The van der Waals surface area contributed by atoms with Gasteiger partial charge in [-0.05, 0) is 184 Å². The minimum atomic E-state index is 0.936. The summed E-state index contributed by atoms with van der Waals surface area (Å²) in [6.07, 6.45) is 0. The number of hydrogen-bond acceptors (Lipinski definition) is 4. The predicted octanol–water partition coefficient (Wildman–Crippen LogP) is 28.9. The summed E-state index contributed by atoms with van der Waals surface area (Å²) in [4.78, 5) is 0. The van der Waals surface area contributed by atoms with E-state index < -0.39 is 0 Å².